The van der Waals surface area contributed by atoms with E-state index in [2.05, 4.69) is 10.3 Å². The average Bonchev–Trinajstić information content (AvgIpc) is 2.33. The fourth-order valence-corrected chi connectivity index (χ4v) is 1.64. The molecule has 100 valence electrons. The molecule has 0 aliphatic rings. The lowest BCUT2D eigenvalue weighted by molar-refractivity contribution is -0.116. The maximum absolute atomic E-state index is 11.6. The lowest BCUT2D eigenvalue weighted by atomic mass is 10.3. The fourth-order valence-electron chi connectivity index (χ4n) is 1.64. The summed E-state index contributed by atoms with van der Waals surface area (Å²) in [6.07, 6.45) is 3.15. The van der Waals surface area contributed by atoms with Crippen LogP contribution in [-0.4, -0.2) is 24.1 Å². The van der Waals surface area contributed by atoms with Crippen LogP contribution in [0.25, 0.3) is 0 Å². The maximum atomic E-state index is 11.6. The summed E-state index contributed by atoms with van der Waals surface area (Å²) < 4.78 is 7.15. The van der Waals surface area contributed by atoms with Crippen molar-refractivity contribution in [3.63, 3.8) is 0 Å². The van der Waals surface area contributed by atoms with Crippen LogP contribution in [-0.2, 0) is 11.8 Å². The van der Waals surface area contributed by atoms with Crippen LogP contribution >= 0.6 is 0 Å². The molecule has 5 heteroatoms. The molecular weight excluding hydrogens is 230 g/mol. The van der Waals surface area contributed by atoms with Crippen molar-refractivity contribution in [3.8, 4) is 5.75 Å². The van der Waals surface area contributed by atoms with Gasteiger partial charge in [-0.3, -0.25) is 9.79 Å². The molecule has 1 amide bonds. The standard InChI is InChI=1S/C13H21N3O2/c1-5-7-13(17)15-10-9-16(3)12(14-6-2)8-11(10)18-4/h8-9H,5-7H2,1-4H3,(H,15,17). The SMILES string of the molecule is CCCC(=O)Nc1cn(C)c(=NCC)cc1OC. The van der Waals surface area contributed by atoms with Crippen molar-refractivity contribution in [2.45, 2.75) is 26.7 Å². The number of aromatic nitrogens is 1. The van der Waals surface area contributed by atoms with Crippen molar-refractivity contribution >= 4 is 11.6 Å². The monoisotopic (exact) mass is 251 g/mol. The van der Waals surface area contributed by atoms with Gasteiger partial charge in [0.05, 0.1) is 12.8 Å². The minimum Gasteiger partial charge on any atom is -0.494 e. The van der Waals surface area contributed by atoms with Crippen molar-refractivity contribution in [2.75, 3.05) is 19.0 Å². The first-order chi connectivity index (χ1) is 8.62. The number of nitrogens with one attached hydrogen (secondary N) is 1. The van der Waals surface area contributed by atoms with Gasteiger partial charge in [-0.2, -0.15) is 0 Å². The fraction of sp³-hybridized carbons (Fsp3) is 0.538. The number of methoxy groups -OCH3 is 1. The predicted octanol–water partition coefficient (Wildman–Crippen LogP) is 1.69. The van der Waals surface area contributed by atoms with E-state index in [0.29, 0.717) is 24.4 Å². The van der Waals surface area contributed by atoms with Crippen molar-refractivity contribution in [2.24, 2.45) is 12.0 Å². The second-order valence-corrected chi connectivity index (χ2v) is 4.00. The molecule has 18 heavy (non-hydrogen) atoms. The number of anilines is 1. The Balaban J connectivity index is 3.09. The number of aryl methyl sites for hydroxylation is 1. The molecule has 0 atom stereocenters. The molecule has 0 aliphatic heterocycles. The Hall–Kier alpha value is -1.78. The Labute approximate surface area is 108 Å². The van der Waals surface area contributed by atoms with Gasteiger partial charge >= 0.3 is 0 Å². The molecule has 0 spiro atoms. The Morgan fingerprint density at radius 1 is 1.50 bits per heavy atom. The number of rotatable bonds is 5. The summed E-state index contributed by atoms with van der Waals surface area (Å²) in [6.45, 7) is 4.65. The van der Waals surface area contributed by atoms with Crippen LogP contribution < -0.4 is 15.5 Å². The van der Waals surface area contributed by atoms with E-state index in [1.807, 2.05) is 37.7 Å². The van der Waals surface area contributed by atoms with E-state index in [-0.39, 0.29) is 5.91 Å². The third-order valence-electron chi connectivity index (χ3n) is 2.50. The molecule has 1 heterocycles. The number of ether oxygens (including phenoxy) is 1. The first-order valence-electron chi connectivity index (χ1n) is 6.17. The van der Waals surface area contributed by atoms with Gasteiger partial charge in [0.2, 0.25) is 5.91 Å². The highest BCUT2D eigenvalue weighted by atomic mass is 16.5. The third-order valence-corrected chi connectivity index (χ3v) is 2.50. The Morgan fingerprint density at radius 3 is 2.78 bits per heavy atom. The molecule has 1 aromatic rings. The van der Waals surface area contributed by atoms with E-state index >= 15 is 0 Å². The predicted molar refractivity (Wildman–Crippen MR) is 71.6 cm³/mol. The van der Waals surface area contributed by atoms with Gasteiger partial charge in [0.25, 0.3) is 0 Å². The van der Waals surface area contributed by atoms with E-state index in [0.717, 1.165) is 11.9 Å². The number of carbonyl (C=O) groups excluding carboxylic acids is 1. The largest absolute Gasteiger partial charge is 0.494 e. The molecule has 5 nitrogen and oxygen atoms in total. The zero-order valence-corrected chi connectivity index (χ0v) is 11.5. The topological polar surface area (TPSA) is 55.6 Å². The van der Waals surface area contributed by atoms with Gasteiger partial charge in [0.1, 0.15) is 11.2 Å². The summed E-state index contributed by atoms with van der Waals surface area (Å²) in [5.74, 6) is 0.626. The molecule has 0 saturated heterocycles. The highest BCUT2D eigenvalue weighted by molar-refractivity contribution is 5.91. The second-order valence-electron chi connectivity index (χ2n) is 4.00. The molecule has 0 unspecified atom stereocenters. The number of hydrogen-bond donors (Lipinski definition) is 1. The van der Waals surface area contributed by atoms with E-state index in [4.69, 9.17) is 4.74 Å². The van der Waals surface area contributed by atoms with Gasteiger partial charge in [0, 0.05) is 32.3 Å². The molecule has 1 N–H and O–H groups in total. The van der Waals surface area contributed by atoms with Gasteiger partial charge < -0.3 is 14.6 Å². The molecule has 0 saturated carbocycles. The number of pyridine rings is 1. The molecule has 0 aromatic carbocycles. The summed E-state index contributed by atoms with van der Waals surface area (Å²) in [6, 6.07) is 1.82. The molecular formula is C13H21N3O2. The van der Waals surface area contributed by atoms with Crippen LogP contribution in [0.1, 0.15) is 26.7 Å². The van der Waals surface area contributed by atoms with Gasteiger partial charge in [-0.05, 0) is 13.3 Å². The highest BCUT2D eigenvalue weighted by Gasteiger charge is 2.08. The van der Waals surface area contributed by atoms with Crippen molar-refractivity contribution in [1.82, 2.24) is 4.57 Å². The first-order valence-corrected chi connectivity index (χ1v) is 6.17. The van der Waals surface area contributed by atoms with E-state index in [1.54, 1.807) is 7.11 Å². The minimum atomic E-state index is -0.00372. The van der Waals surface area contributed by atoms with Crippen molar-refractivity contribution in [3.05, 3.63) is 17.8 Å². The number of hydrogen-bond acceptors (Lipinski definition) is 3. The van der Waals surface area contributed by atoms with Crippen LogP contribution in [0.15, 0.2) is 17.3 Å². The third kappa shape index (κ3) is 3.61. The highest BCUT2D eigenvalue weighted by Crippen LogP contribution is 2.21. The normalized spacial score (nSPS) is 11.4. The van der Waals surface area contributed by atoms with Crippen LogP contribution in [0.2, 0.25) is 0 Å². The summed E-state index contributed by atoms with van der Waals surface area (Å²) in [5.41, 5.74) is 1.50. The molecule has 1 rings (SSSR count). The number of carbonyl (C=O) groups is 1. The Kier molecular flexibility index (Phi) is 5.42. The van der Waals surface area contributed by atoms with E-state index in [9.17, 15) is 4.79 Å². The maximum Gasteiger partial charge on any atom is 0.224 e. The van der Waals surface area contributed by atoms with Gasteiger partial charge in [-0.25, -0.2) is 0 Å². The minimum absolute atomic E-state index is 0.00372. The number of nitrogens with zero attached hydrogens (tertiary/aromatic N) is 2. The summed E-state index contributed by atoms with van der Waals surface area (Å²) in [7, 11) is 3.48. The Morgan fingerprint density at radius 2 is 2.22 bits per heavy atom. The van der Waals surface area contributed by atoms with Crippen LogP contribution in [0, 0.1) is 0 Å². The van der Waals surface area contributed by atoms with Crippen molar-refractivity contribution < 1.29 is 9.53 Å². The quantitative estimate of drug-likeness (QED) is 0.866. The molecule has 0 bridgehead atoms. The first kappa shape index (κ1) is 14.3. The lowest BCUT2D eigenvalue weighted by Gasteiger charge is -2.12. The molecule has 1 aromatic heterocycles. The Bertz CT molecular complexity index is 478. The molecule has 0 aliphatic carbocycles. The zero-order valence-electron chi connectivity index (χ0n) is 11.5. The van der Waals surface area contributed by atoms with Gasteiger partial charge in [-0.15, -0.1) is 0 Å². The second kappa shape index (κ2) is 6.83. The summed E-state index contributed by atoms with van der Waals surface area (Å²) in [4.78, 5) is 15.9. The van der Waals surface area contributed by atoms with E-state index in [1.165, 1.54) is 0 Å². The zero-order chi connectivity index (χ0) is 13.5. The summed E-state index contributed by atoms with van der Waals surface area (Å²) >= 11 is 0. The van der Waals surface area contributed by atoms with E-state index < -0.39 is 0 Å². The molecule has 0 radical (unpaired) electrons. The smallest absolute Gasteiger partial charge is 0.224 e. The van der Waals surface area contributed by atoms with Crippen molar-refractivity contribution in [1.29, 1.82) is 0 Å². The molecule has 0 fully saturated rings. The van der Waals surface area contributed by atoms with Gasteiger partial charge in [-0.1, -0.05) is 6.92 Å². The summed E-state index contributed by atoms with van der Waals surface area (Å²) in [5, 5.41) is 2.85. The van der Waals surface area contributed by atoms with Crippen LogP contribution in [0.3, 0.4) is 0 Å². The van der Waals surface area contributed by atoms with Crippen LogP contribution in [0.5, 0.6) is 5.75 Å². The average molecular weight is 251 g/mol. The van der Waals surface area contributed by atoms with Gasteiger partial charge in [0.15, 0.2) is 0 Å². The van der Waals surface area contributed by atoms with Crippen LogP contribution in [0.4, 0.5) is 5.69 Å². The number of amides is 1. The lowest BCUT2D eigenvalue weighted by Crippen LogP contribution is -2.20.